The molecule has 0 spiro atoms. The molecule has 1 N–H and O–H groups in total. The van der Waals surface area contributed by atoms with Crippen molar-refractivity contribution in [3.05, 3.63) is 53.6 Å². The third-order valence-corrected chi connectivity index (χ3v) is 3.17. The second-order valence-corrected chi connectivity index (χ2v) is 4.17. The molecule has 0 fully saturated rings. The highest BCUT2D eigenvalue weighted by Crippen LogP contribution is 2.34. The predicted molar refractivity (Wildman–Crippen MR) is 72.3 cm³/mol. The molecular weight excluding hydrogens is 208 g/mol. The zero-order chi connectivity index (χ0) is 12.3. The number of phenols is 1. The molecule has 0 aliphatic carbocycles. The summed E-state index contributed by atoms with van der Waals surface area (Å²) in [4.78, 5) is 0. The van der Waals surface area contributed by atoms with Crippen molar-refractivity contribution < 1.29 is 5.11 Å². The van der Waals surface area contributed by atoms with Gasteiger partial charge in [-0.05, 0) is 35.6 Å². The maximum absolute atomic E-state index is 9.97. The largest absolute Gasteiger partial charge is 0.508 e. The van der Waals surface area contributed by atoms with Crippen molar-refractivity contribution in [1.82, 2.24) is 0 Å². The van der Waals surface area contributed by atoms with Gasteiger partial charge in [0.15, 0.2) is 0 Å². The third-order valence-electron chi connectivity index (χ3n) is 3.17. The SMILES string of the molecule is CCc1ccc(O)c(CC)c1-c1ccccc1. The lowest BCUT2D eigenvalue weighted by Crippen LogP contribution is -1.94. The zero-order valence-electron chi connectivity index (χ0n) is 10.4. The van der Waals surface area contributed by atoms with Gasteiger partial charge in [-0.25, -0.2) is 0 Å². The van der Waals surface area contributed by atoms with Crippen molar-refractivity contribution in [3.63, 3.8) is 0 Å². The van der Waals surface area contributed by atoms with Crippen LogP contribution in [0.4, 0.5) is 0 Å². The van der Waals surface area contributed by atoms with Crippen LogP contribution >= 0.6 is 0 Å². The van der Waals surface area contributed by atoms with E-state index in [1.807, 2.05) is 30.3 Å². The van der Waals surface area contributed by atoms with Crippen LogP contribution in [0.2, 0.25) is 0 Å². The summed E-state index contributed by atoms with van der Waals surface area (Å²) in [5.41, 5.74) is 4.74. The summed E-state index contributed by atoms with van der Waals surface area (Å²) < 4.78 is 0. The van der Waals surface area contributed by atoms with Gasteiger partial charge in [-0.3, -0.25) is 0 Å². The molecule has 0 atom stereocenters. The predicted octanol–water partition coefficient (Wildman–Crippen LogP) is 4.18. The van der Waals surface area contributed by atoms with Crippen LogP contribution in [-0.4, -0.2) is 5.11 Å². The first-order chi connectivity index (χ1) is 8.27. The van der Waals surface area contributed by atoms with Gasteiger partial charge in [-0.1, -0.05) is 50.2 Å². The average Bonchev–Trinajstić information content (AvgIpc) is 2.39. The molecule has 1 nitrogen and oxygen atoms in total. The molecule has 88 valence electrons. The summed E-state index contributed by atoms with van der Waals surface area (Å²) in [6, 6.07) is 14.1. The van der Waals surface area contributed by atoms with Crippen molar-refractivity contribution in [2.24, 2.45) is 0 Å². The van der Waals surface area contributed by atoms with Crippen molar-refractivity contribution in [1.29, 1.82) is 0 Å². The fourth-order valence-electron chi connectivity index (χ4n) is 2.30. The Balaban J connectivity index is 2.69. The summed E-state index contributed by atoms with van der Waals surface area (Å²) in [7, 11) is 0. The molecule has 0 aromatic heterocycles. The van der Waals surface area contributed by atoms with Gasteiger partial charge in [0.1, 0.15) is 5.75 Å². The van der Waals surface area contributed by atoms with Crippen LogP contribution in [0.1, 0.15) is 25.0 Å². The molecule has 0 radical (unpaired) electrons. The number of hydrogen-bond acceptors (Lipinski definition) is 1. The smallest absolute Gasteiger partial charge is 0.119 e. The molecule has 0 heterocycles. The first-order valence-electron chi connectivity index (χ1n) is 6.17. The number of aromatic hydroxyl groups is 1. The topological polar surface area (TPSA) is 20.2 Å². The van der Waals surface area contributed by atoms with Gasteiger partial charge in [0.2, 0.25) is 0 Å². The van der Waals surface area contributed by atoms with E-state index in [0.29, 0.717) is 5.75 Å². The van der Waals surface area contributed by atoms with E-state index in [1.165, 1.54) is 16.7 Å². The minimum atomic E-state index is 0.406. The molecule has 0 saturated heterocycles. The Morgan fingerprint density at radius 1 is 0.882 bits per heavy atom. The van der Waals surface area contributed by atoms with E-state index in [1.54, 1.807) is 0 Å². The van der Waals surface area contributed by atoms with Crippen LogP contribution in [-0.2, 0) is 12.8 Å². The van der Waals surface area contributed by atoms with E-state index in [2.05, 4.69) is 26.0 Å². The fraction of sp³-hybridized carbons (Fsp3) is 0.250. The van der Waals surface area contributed by atoms with Crippen molar-refractivity contribution in [2.75, 3.05) is 0 Å². The Morgan fingerprint density at radius 2 is 1.59 bits per heavy atom. The average molecular weight is 226 g/mol. The van der Waals surface area contributed by atoms with E-state index in [9.17, 15) is 5.11 Å². The van der Waals surface area contributed by atoms with Gasteiger partial charge in [0, 0.05) is 5.56 Å². The first kappa shape index (κ1) is 11.7. The number of rotatable bonds is 3. The van der Waals surface area contributed by atoms with Gasteiger partial charge in [-0.2, -0.15) is 0 Å². The van der Waals surface area contributed by atoms with Gasteiger partial charge in [0.25, 0.3) is 0 Å². The lowest BCUT2D eigenvalue weighted by atomic mass is 9.91. The zero-order valence-corrected chi connectivity index (χ0v) is 10.4. The Morgan fingerprint density at radius 3 is 2.18 bits per heavy atom. The van der Waals surface area contributed by atoms with Gasteiger partial charge in [0.05, 0.1) is 0 Å². The Kier molecular flexibility index (Phi) is 3.48. The highest BCUT2D eigenvalue weighted by Gasteiger charge is 2.12. The van der Waals surface area contributed by atoms with Crippen LogP contribution < -0.4 is 0 Å². The fourth-order valence-corrected chi connectivity index (χ4v) is 2.30. The highest BCUT2D eigenvalue weighted by atomic mass is 16.3. The number of hydrogen-bond donors (Lipinski definition) is 1. The second-order valence-electron chi connectivity index (χ2n) is 4.17. The third kappa shape index (κ3) is 2.19. The minimum absolute atomic E-state index is 0.406. The lowest BCUT2D eigenvalue weighted by Gasteiger charge is -2.14. The monoisotopic (exact) mass is 226 g/mol. The maximum Gasteiger partial charge on any atom is 0.119 e. The summed E-state index contributed by atoms with van der Waals surface area (Å²) in [5, 5.41) is 9.97. The van der Waals surface area contributed by atoms with Crippen molar-refractivity contribution in [2.45, 2.75) is 26.7 Å². The molecule has 0 unspecified atom stereocenters. The molecule has 0 aliphatic rings. The van der Waals surface area contributed by atoms with Gasteiger partial charge in [-0.15, -0.1) is 0 Å². The molecule has 0 saturated carbocycles. The Hall–Kier alpha value is -1.76. The molecule has 2 aromatic carbocycles. The van der Waals surface area contributed by atoms with E-state index in [4.69, 9.17) is 0 Å². The van der Waals surface area contributed by atoms with Gasteiger partial charge < -0.3 is 5.11 Å². The lowest BCUT2D eigenvalue weighted by molar-refractivity contribution is 0.469. The standard InChI is InChI=1S/C16H18O/c1-3-12-10-11-15(17)14(4-2)16(12)13-8-6-5-7-9-13/h5-11,17H,3-4H2,1-2H3. The molecule has 0 aliphatic heterocycles. The number of phenolic OH excluding ortho intramolecular Hbond substituents is 1. The van der Waals surface area contributed by atoms with Crippen LogP contribution in [0.5, 0.6) is 5.75 Å². The Bertz CT molecular complexity index is 500. The van der Waals surface area contributed by atoms with Crippen molar-refractivity contribution >= 4 is 0 Å². The minimum Gasteiger partial charge on any atom is -0.508 e. The second kappa shape index (κ2) is 5.05. The summed E-state index contributed by atoms with van der Waals surface area (Å²) >= 11 is 0. The maximum atomic E-state index is 9.97. The van der Waals surface area contributed by atoms with Crippen LogP contribution in [0.3, 0.4) is 0 Å². The Labute approximate surface area is 103 Å². The molecule has 0 amide bonds. The van der Waals surface area contributed by atoms with E-state index in [-0.39, 0.29) is 0 Å². The molecule has 17 heavy (non-hydrogen) atoms. The van der Waals surface area contributed by atoms with E-state index < -0.39 is 0 Å². The molecule has 2 rings (SSSR count). The highest BCUT2D eigenvalue weighted by molar-refractivity contribution is 5.73. The van der Waals surface area contributed by atoms with Crippen LogP contribution in [0, 0.1) is 0 Å². The summed E-state index contributed by atoms with van der Waals surface area (Å²) in [6.45, 7) is 4.24. The van der Waals surface area contributed by atoms with Gasteiger partial charge >= 0.3 is 0 Å². The number of aryl methyl sites for hydroxylation is 1. The van der Waals surface area contributed by atoms with Crippen molar-refractivity contribution in [3.8, 4) is 16.9 Å². The molecule has 0 bridgehead atoms. The molecular formula is C16H18O. The first-order valence-corrected chi connectivity index (χ1v) is 6.17. The molecule has 1 heteroatoms. The molecule has 2 aromatic rings. The normalized spacial score (nSPS) is 10.5. The summed E-state index contributed by atoms with van der Waals surface area (Å²) in [5.74, 6) is 0.406. The van der Waals surface area contributed by atoms with E-state index >= 15 is 0 Å². The number of benzene rings is 2. The van der Waals surface area contributed by atoms with Crippen LogP contribution in [0.25, 0.3) is 11.1 Å². The summed E-state index contributed by atoms with van der Waals surface area (Å²) in [6.07, 6.45) is 1.83. The van der Waals surface area contributed by atoms with Crippen LogP contribution in [0.15, 0.2) is 42.5 Å². The quantitative estimate of drug-likeness (QED) is 0.832. The van der Waals surface area contributed by atoms with E-state index in [0.717, 1.165) is 18.4 Å².